The van der Waals surface area contributed by atoms with Crippen LogP contribution >= 0.6 is 11.6 Å². The molecule has 0 aromatic heterocycles. The van der Waals surface area contributed by atoms with Crippen LogP contribution in [0.2, 0.25) is 5.02 Å². The average molecular weight is 618 g/mol. The summed E-state index contributed by atoms with van der Waals surface area (Å²) in [6, 6.07) is 30.6. The van der Waals surface area contributed by atoms with Gasteiger partial charge in [-0.05, 0) is 60.9 Å². The minimum absolute atomic E-state index is 0.0640. The molecule has 4 aromatic carbocycles. The van der Waals surface area contributed by atoms with Crippen molar-refractivity contribution in [2.24, 2.45) is 0 Å². The van der Waals surface area contributed by atoms with E-state index in [0.29, 0.717) is 17.3 Å². The van der Waals surface area contributed by atoms with Crippen molar-refractivity contribution in [3.05, 3.63) is 131 Å². The number of hydrogen-bond acceptors (Lipinski definition) is 4. The number of carbonyl (C=O) groups excluding carboxylic acids is 2. The molecule has 0 spiro atoms. The average Bonchev–Trinajstić information content (AvgIpc) is 3.02. The Kier molecular flexibility index (Phi) is 11.0. The fourth-order valence-electron chi connectivity index (χ4n) is 4.67. The molecule has 9 heteroatoms. The quantitative estimate of drug-likeness (QED) is 0.199. The molecule has 43 heavy (non-hydrogen) atoms. The maximum Gasteiger partial charge on any atom is 0.264 e. The summed E-state index contributed by atoms with van der Waals surface area (Å²) in [6.45, 7) is 3.89. The van der Waals surface area contributed by atoms with E-state index in [9.17, 15) is 18.0 Å². The lowest BCUT2D eigenvalue weighted by molar-refractivity contribution is -0.140. The lowest BCUT2D eigenvalue weighted by Gasteiger charge is -2.34. The van der Waals surface area contributed by atoms with Crippen LogP contribution in [0.25, 0.3) is 0 Å². The van der Waals surface area contributed by atoms with Gasteiger partial charge in [0.1, 0.15) is 12.6 Å². The molecule has 0 heterocycles. The van der Waals surface area contributed by atoms with Gasteiger partial charge in [0.15, 0.2) is 0 Å². The number of aryl methyl sites for hydroxylation is 1. The summed E-state index contributed by atoms with van der Waals surface area (Å²) in [6.07, 6.45) is 0.983. The van der Waals surface area contributed by atoms with Crippen molar-refractivity contribution >= 4 is 39.1 Å². The number of hydrogen-bond donors (Lipinski definition) is 1. The number of sulfonamides is 1. The van der Waals surface area contributed by atoms with Gasteiger partial charge in [0, 0.05) is 24.5 Å². The van der Waals surface area contributed by atoms with Crippen molar-refractivity contribution in [2.45, 2.75) is 44.2 Å². The number of benzene rings is 4. The number of nitrogens with one attached hydrogen (secondary N) is 1. The molecule has 0 bridgehead atoms. The van der Waals surface area contributed by atoms with Crippen LogP contribution in [0.15, 0.2) is 114 Å². The Labute approximate surface area is 259 Å². The molecule has 0 radical (unpaired) electrons. The van der Waals surface area contributed by atoms with Gasteiger partial charge in [-0.2, -0.15) is 0 Å². The SMILES string of the molecule is CCCNC(=O)[C@H](Cc1ccccc1)N(Cc1ccc(Cl)cc1)C(=O)CN(c1ccc(C)cc1)S(=O)(=O)c1ccccc1. The molecule has 0 fully saturated rings. The molecular weight excluding hydrogens is 582 g/mol. The summed E-state index contributed by atoms with van der Waals surface area (Å²) in [5.41, 5.74) is 2.93. The van der Waals surface area contributed by atoms with Crippen LogP contribution in [0.3, 0.4) is 0 Å². The fraction of sp³-hybridized carbons (Fsp3) is 0.235. The molecule has 4 aromatic rings. The third-order valence-corrected chi connectivity index (χ3v) is 9.06. The Morgan fingerprint density at radius 3 is 2.02 bits per heavy atom. The van der Waals surface area contributed by atoms with Crippen LogP contribution in [0.1, 0.15) is 30.0 Å². The lowest BCUT2D eigenvalue weighted by atomic mass is 10.0. The predicted molar refractivity (Wildman–Crippen MR) is 171 cm³/mol. The Morgan fingerprint density at radius 2 is 1.42 bits per heavy atom. The summed E-state index contributed by atoms with van der Waals surface area (Å²) in [5, 5.41) is 3.49. The first-order valence-electron chi connectivity index (χ1n) is 14.2. The third kappa shape index (κ3) is 8.46. The van der Waals surface area contributed by atoms with E-state index in [2.05, 4.69) is 5.32 Å². The summed E-state index contributed by atoms with van der Waals surface area (Å²) in [7, 11) is -4.13. The highest BCUT2D eigenvalue weighted by Crippen LogP contribution is 2.25. The van der Waals surface area contributed by atoms with Crippen LogP contribution in [-0.2, 0) is 32.6 Å². The van der Waals surface area contributed by atoms with Crippen LogP contribution in [0.5, 0.6) is 0 Å². The standard InChI is InChI=1S/C34H36ClN3O4S/c1-3-22-36-34(40)32(23-27-10-6-4-7-11-27)37(24-28-16-18-29(35)19-17-28)33(39)25-38(30-20-14-26(2)15-21-30)43(41,42)31-12-8-5-9-13-31/h4-21,32H,3,22-25H2,1-2H3,(H,36,40)/t32-/m0/s1. The molecule has 0 aliphatic carbocycles. The smallest absolute Gasteiger partial charge is 0.264 e. The molecule has 0 saturated heterocycles. The van der Waals surface area contributed by atoms with E-state index in [1.807, 2.05) is 44.2 Å². The van der Waals surface area contributed by atoms with Gasteiger partial charge in [-0.15, -0.1) is 0 Å². The van der Waals surface area contributed by atoms with Crippen LogP contribution in [-0.4, -0.2) is 44.3 Å². The first kappa shape index (κ1) is 31.8. The van der Waals surface area contributed by atoms with Gasteiger partial charge in [-0.3, -0.25) is 13.9 Å². The number of nitrogens with zero attached hydrogens (tertiary/aromatic N) is 2. The van der Waals surface area contributed by atoms with E-state index in [0.717, 1.165) is 27.4 Å². The fourth-order valence-corrected chi connectivity index (χ4v) is 6.23. The lowest BCUT2D eigenvalue weighted by Crippen LogP contribution is -2.53. The van der Waals surface area contributed by atoms with Crippen LogP contribution in [0.4, 0.5) is 5.69 Å². The van der Waals surface area contributed by atoms with Crippen molar-refractivity contribution < 1.29 is 18.0 Å². The third-order valence-electron chi connectivity index (χ3n) is 7.02. The van der Waals surface area contributed by atoms with Gasteiger partial charge in [-0.1, -0.05) is 96.9 Å². The monoisotopic (exact) mass is 617 g/mol. The molecule has 0 saturated carbocycles. The van der Waals surface area contributed by atoms with Crippen molar-refractivity contribution in [1.29, 1.82) is 0 Å². The van der Waals surface area contributed by atoms with Crippen molar-refractivity contribution in [3.8, 4) is 0 Å². The normalized spacial score (nSPS) is 11.9. The van der Waals surface area contributed by atoms with E-state index < -0.39 is 28.5 Å². The van der Waals surface area contributed by atoms with Crippen molar-refractivity contribution in [3.63, 3.8) is 0 Å². The maximum absolute atomic E-state index is 14.4. The van der Waals surface area contributed by atoms with Gasteiger partial charge < -0.3 is 10.2 Å². The molecule has 7 nitrogen and oxygen atoms in total. The molecule has 1 atom stereocenters. The summed E-state index contributed by atoms with van der Waals surface area (Å²) >= 11 is 6.13. The van der Waals surface area contributed by atoms with Gasteiger partial charge >= 0.3 is 0 Å². The summed E-state index contributed by atoms with van der Waals surface area (Å²) in [5.74, 6) is -0.816. The molecule has 0 unspecified atom stereocenters. The Bertz CT molecular complexity index is 1600. The Balaban J connectivity index is 1.78. The highest BCUT2D eigenvalue weighted by atomic mass is 35.5. The molecule has 224 valence electrons. The molecule has 1 N–H and O–H groups in total. The second kappa shape index (κ2) is 14.8. The first-order valence-corrected chi connectivity index (χ1v) is 16.0. The summed E-state index contributed by atoms with van der Waals surface area (Å²) < 4.78 is 29.1. The predicted octanol–water partition coefficient (Wildman–Crippen LogP) is 6.01. The summed E-state index contributed by atoms with van der Waals surface area (Å²) in [4.78, 5) is 29.6. The zero-order chi connectivity index (χ0) is 30.8. The first-order chi connectivity index (χ1) is 20.7. The Morgan fingerprint density at radius 1 is 0.814 bits per heavy atom. The molecule has 4 rings (SSSR count). The number of anilines is 1. The molecule has 0 aliphatic rings. The minimum atomic E-state index is -4.13. The zero-order valence-electron chi connectivity index (χ0n) is 24.3. The van der Waals surface area contributed by atoms with Gasteiger partial charge in [-0.25, -0.2) is 8.42 Å². The largest absolute Gasteiger partial charge is 0.354 e. The molecule has 2 amide bonds. The van der Waals surface area contributed by atoms with Crippen molar-refractivity contribution in [2.75, 3.05) is 17.4 Å². The van der Waals surface area contributed by atoms with E-state index in [1.54, 1.807) is 66.7 Å². The van der Waals surface area contributed by atoms with E-state index in [4.69, 9.17) is 11.6 Å². The number of rotatable bonds is 13. The number of amides is 2. The topological polar surface area (TPSA) is 86.8 Å². The van der Waals surface area contributed by atoms with E-state index >= 15 is 0 Å². The molecule has 0 aliphatic heterocycles. The van der Waals surface area contributed by atoms with Crippen LogP contribution in [0, 0.1) is 6.92 Å². The van der Waals surface area contributed by atoms with Gasteiger partial charge in [0.05, 0.1) is 10.6 Å². The van der Waals surface area contributed by atoms with E-state index in [-0.39, 0.29) is 23.8 Å². The number of halogens is 1. The van der Waals surface area contributed by atoms with Gasteiger partial charge in [0.2, 0.25) is 11.8 Å². The highest BCUT2D eigenvalue weighted by molar-refractivity contribution is 7.92. The van der Waals surface area contributed by atoms with Crippen LogP contribution < -0.4 is 9.62 Å². The van der Waals surface area contributed by atoms with E-state index in [1.165, 1.54) is 17.0 Å². The second-order valence-corrected chi connectivity index (χ2v) is 12.6. The Hall–Kier alpha value is -4.14. The van der Waals surface area contributed by atoms with Crippen molar-refractivity contribution in [1.82, 2.24) is 10.2 Å². The zero-order valence-corrected chi connectivity index (χ0v) is 25.9. The molecular formula is C34H36ClN3O4S. The highest BCUT2D eigenvalue weighted by Gasteiger charge is 2.34. The number of carbonyl (C=O) groups is 2. The second-order valence-electron chi connectivity index (χ2n) is 10.3. The maximum atomic E-state index is 14.4. The minimum Gasteiger partial charge on any atom is -0.354 e. The van der Waals surface area contributed by atoms with Gasteiger partial charge in [0.25, 0.3) is 10.0 Å².